The minimum atomic E-state index is -0.286. The fourth-order valence-electron chi connectivity index (χ4n) is 2.08. The summed E-state index contributed by atoms with van der Waals surface area (Å²) in [5, 5.41) is 0. The third-order valence-corrected chi connectivity index (χ3v) is 3.28. The van der Waals surface area contributed by atoms with Gasteiger partial charge < -0.3 is 9.32 Å². The monoisotopic (exact) mass is 235 g/mol. The van der Waals surface area contributed by atoms with E-state index in [-0.39, 0.29) is 23.8 Å². The Balaban J connectivity index is 2.25. The normalized spacial score (nSPS) is 19.5. The number of hydrogen-bond acceptors (Lipinski definition) is 3. The number of amides is 1. The van der Waals surface area contributed by atoms with Crippen LogP contribution >= 0.6 is 0 Å². The molecule has 0 atom stereocenters. The van der Waals surface area contributed by atoms with E-state index in [4.69, 9.17) is 4.42 Å². The van der Waals surface area contributed by atoms with E-state index in [1.807, 2.05) is 13.8 Å². The summed E-state index contributed by atoms with van der Waals surface area (Å²) >= 11 is 0. The Kier molecular flexibility index (Phi) is 2.81. The standard InChI is InChI=1S/C13H17NO3/c1-9-4-5-11(17-9)12(16)14-8-10(15)6-7-13(14,2)3/h4-5H,6-8H2,1-3H3. The van der Waals surface area contributed by atoms with Crippen molar-refractivity contribution in [2.75, 3.05) is 6.54 Å². The number of furan rings is 1. The van der Waals surface area contributed by atoms with E-state index in [0.29, 0.717) is 24.4 Å². The van der Waals surface area contributed by atoms with Crippen LogP contribution in [0, 0.1) is 6.92 Å². The SMILES string of the molecule is Cc1ccc(C(=O)N2CC(=O)CCC2(C)C)o1. The van der Waals surface area contributed by atoms with Crippen molar-refractivity contribution in [1.29, 1.82) is 0 Å². The molecule has 0 spiro atoms. The van der Waals surface area contributed by atoms with Crippen LogP contribution in [0.5, 0.6) is 0 Å². The van der Waals surface area contributed by atoms with Gasteiger partial charge in [0.1, 0.15) is 5.76 Å². The van der Waals surface area contributed by atoms with E-state index in [1.165, 1.54) is 0 Å². The second-order valence-corrected chi connectivity index (χ2v) is 5.15. The maximum Gasteiger partial charge on any atom is 0.290 e. The highest BCUT2D eigenvalue weighted by Crippen LogP contribution is 2.27. The fourth-order valence-corrected chi connectivity index (χ4v) is 2.08. The Morgan fingerprint density at radius 1 is 1.41 bits per heavy atom. The van der Waals surface area contributed by atoms with Gasteiger partial charge in [0.15, 0.2) is 11.5 Å². The lowest BCUT2D eigenvalue weighted by Crippen LogP contribution is -2.53. The number of Topliss-reactive ketones (excluding diaryl/α,β-unsaturated/α-hetero) is 1. The number of carbonyl (C=O) groups is 2. The number of nitrogens with zero attached hydrogens (tertiary/aromatic N) is 1. The number of aryl methyl sites for hydroxylation is 1. The van der Waals surface area contributed by atoms with E-state index < -0.39 is 0 Å². The summed E-state index contributed by atoms with van der Waals surface area (Å²) in [6, 6.07) is 3.42. The highest BCUT2D eigenvalue weighted by Gasteiger charge is 2.37. The minimum Gasteiger partial charge on any atom is -0.456 e. The van der Waals surface area contributed by atoms with E-state index in [1.54, 1.807) is 24.0 Å². The molecule has 4 heteroatoms. The summed E-state index contributed by atoms with van der Waals surface area (Å²) in [5.41, 5.74) is -0.286. The maximum absolute atomic E-state index is 12.3. The van der Waals surface area contributed by atoms with Crippen LogP contribution in [0.2, 0.25) is 0 Å². The van der Waals surface area contributed by atoms with Crippen molar-refractivity contribution < 1.29 is 14.0 Å². The molecule has 2 heterocycles. The molecule has 0 unspecified atom stereocenters. The largest absolute Gasteiger partial charge is 0.456 e. The summed E-state index contributed by atoms with van der Waals surface area (Å²) < 4.78 is 5.32. The zero-order chi connectivity index (χ0) is 12.6. The molecule has 1 aliphatic heterocycles. The molecular weight excluding hydrogens is 218 g/mol. The number of hydrogen-bond donors (Lipinski definition) is 0. The van der Waals surface area contributed by atoms with Gasteiger partial charge in [-0.25, -0.2) is 0 Å². The molecule has 1 amide bonds. The van der Waals surface area contributed by atoms with Crippen LogP contribution in [0.3, 0.4) is 0 Å². The van der Waals surface area contributed by atoms with E-state index >= 15 is 0 Å². The van der Waals surface area contributed by atoms with Crippen LogP contribution in [0.4, 0.5) is 0 Å². The molecule has 0 radical (unpaired) electrons. The summed E-state index contributed by atoms with van der Waals surface area (Å²) in [5.74, 6) is 0.928. The Morgan fingerprint density at radius 3 is 2.71 bits per heavy atom. The lowest BCUT2D eigenvalue weighted by atomic mass is 9.89. The topological polar surface area (TPSA) is 50.5 Å². The van der Waals surface area contributed by atoms with Crippen LogP contribution in [-0.4, -0.2) is 28.7 Å². The van der Waals surface area contributed by atoms with Crippen LogP contribution < -0.4 is 0 Å². The predicted octanol–water partition coefficient (Wildman–Crippen LogP) is 2.17. The van der Waals surface area contributed by atoms with E-state index in [0.717, 1.165) is 0 Å². The smallest absolute Gasteiger partial charge is 0.290 e. The third-order valence-electron chi connectivity index (χ3n) is 3.28. The molecule has 0 N–H and O–H groups in total. The predicted molar refractivity (Wildman–Crippen MR) is 62.8 cm³/mol. The minimum absolute atomic E-state index is 0.112. The van der Waals surface area contributed by atoms with Crippen LogP contribution in [0.25, 0.3) is 0 Å². The molecular formula is C13H17NO3. The quantitative estimate of drug-likeness (QED) is 0.749. The average molecular weight is 235 g/mol. The molecule has 92 valence electrons. The van der Waals surface area contributed by atoms with Crippen molar-refractivity contribution in [2.45, 2.75) is 39.2 Å². The fraction of sp³-hybridized carbons (Fsp3) is 0.538. The van der Waals surface area contributed by atoms with Crippen molar-refractivity contribution in [3.8, 4) is 0 Å². The Morgan fingerprint density at radius 2 is 2.12 bits per heavy atom. The van der Waals surface area contributed by atoms with Crippen LogP contribution in [-0.2, 0) is 4.79 Å². The number of ketones is 1. The van der Waals surface area contributed by atoms with Gasteiger partial charge in [0.05, 0.1) is 6.54 Å². The molecule has 0 bridgehead atoms. The molecule has 4 nitrogen and oxygen atoms in total. The first-order chi connectivity index (χ1) is 7.90. The van der Waals surface area contributed by atoms with Crippen molar-refractivity contribution >= 4 is 11.7 Å². The van der Waals surface area contributed by atoms with Gasteiger partial charge in [-0.2, -0.15) is 0 Å². The molecule has 2 rings (SSSR count). The maximum atomic E-state index is 12.3. The van der Waals surface area contributed by atoms with Crippen molar-refractivity contribution in [3.63, 3.8) is 0 Å². The van der Waals surface area contributed by atoms with Crippen LogP contribution in [0.1, 0.15) is 43.0 Å². The Hall–Kier alpha value is -1.58. The van der Waals surface area contributed by atoms with Gasteiger partial charge in [-0.15, -0.1) is 0 Å². The van der Waals surface area contributed by atoms with Gasteiger partial charge in [0, 0.05) is 12.0 Å². The van der Waals surface area contributed by atoms with Crippen molar-refractivity contribution in [3.05, 3.63) is 23.7 Å². The second-order valence-electron chi connectivity index (χ2n) is 5.15. The summed E-state index contributed by atoms with van der Waals surface area (Å²) in [6.07, 6.45) is 1.26. The average Bonchev–Trinajstić information content (AvgIpc) is 2.68. The van der Waals surface area contributed by atoms with Gasteiger partial charge in [0.25, 0.3) is 5.91 Å². The lowest BCUT2D eigenvalue weighted by molar-refractivity contribution is -0.124. The molecule has 0 aliphatic carbocycles. The molecule has 0 aromatic carbocycles. The molecule has 0 saturated carbocycles. The molecule has 17 heavy (non-hydrogen) atoms. The highest BCUT2D eigenvalue weighted by molar-refractivity contribution is 5.96. The highest BCUT2D eigenvalue weighted by atomic mass is 16.3. The molecule has 1 saturated heterocycles. The summed E-state index contributed by atoms with van der Waals surface area (Å²) in [4.78, 5) is 25.3. The van der Waals surface area contributed by atoms with Crippen molar-refractivity contribution in [2.24, 2.45) is 0 Å². The number of likely N-dealkylation sites (tertiary alicyclic amines) is 1. The van der Waals surface area contributed by atoms with E-state index in [2.05, 4.69) is 0 Å². The molecule has 1 fully saturated rings. The zero-order valence-corrected chi connectivity index (χ0v) is 10.4. The van der Waals surface area contributed by atoms with Gasteiger partial charge in [-0.1, -0.05) is 0 Å². The van der Waals surface area contributed by atoms with Gasteiger partial charge in [0.2, 0.25) is 0 Å². The van der Waals surface area contributed by atoms with Crippen LogP contribution in [0.15, 0.2) is 16.5 Å². The summed E-state index contributed by atoms with van der Waals surface area (Å²) in [6.45, 7) is 5.94. The van der Waals surface area contributed by atoms with Gasteiger partial charge >= 0.3 is 0 Å². The summed E-state index contributed by atoms with van der Waals surface area (Å²) in [7, 11) is 0. The van der Waals surface area contributed by atoms with Gasteiger partial charge in [-0.05, 0) is 39.3 Å². The molecule has 1 aliphatic rings. The lowest BCUT2D eigenvalue weighted by Gasteiger charge is -2.41. The molecule has 1 aromatic rings. The molecule has 1 aromatic heterocycles. The number of piperidine rings is 1. The third kappa shape index (κ3) is 2.25. The zero-order valence-electron chi connectivity index (χ0n) is 10.4. The van der Waals surface area contributed by atoms with E-state index in [9.17, 15) is 9.59 Å². The number of rotatable bonds is 1. The Labute approximate surface area is 101 Å². The first kappa shape index (κ1) is 11.9. The Bertz CT molecular complexity index is 459. The first-order valence-corrected chi connectivity index (χ1v) is 5.80. The van der Waals surface area contributed by atoms with Gasteiger partial charge in [-0.3, -0.25) is 9.59 Å². The second kappa shape index (κ2) is 4.02. The number of carbonyl (C=O) groups excluding carboxylic acids is 2. The first-order valence-electron chi connectivity index (χ1n) is 5.80. The van der Waals surface area contributed by atoms with Crippen molar-refractivity contribution in [1.82, 2.24) is 4.90 Å².